The summed E-state index contributed by atoms with van der Waals surface area (Å²) >= 11 is 1.67. The fourth-order valence-corrected chi connectivity index (χ4v) is 2.73. The molecular weight excluding hydrogens is 256 g/mol. The summed E-state index contributed by atoms with van der Waals surface area (Å²) in [5.41, 5.74) is 1.16. The van der Waals surface area contributed by atoms with Crippen LogP contribution in [0.2, 0.25) is 0 Å². The molecule has 0 spiro atoms. The minimum atomic E-state index is 0.114. The van der Waals surface area contributed by atoms with Crippen LogP contribution in [0.4, 0.5) is 0 Å². The molecule has 0 saturated heterocycles. The molecule has 2 rings (SSSR count). The zero-order valence-corrected chi connectivity index (χ0v) is 12.2. The van der Waals surface area contributed by atoms with Gasteiger partial charge in [0.15, 0.2) is 0 Å². The van der Waals surface area contributed by atoms with Gasteiger partial charge in [-0.15, -0.1) is 11.3 Å². The second-order valence-electron chi connectivity index (χ2n) is 4.23. The summed E-state index contributed by atoms with van der Waals surface area (Å²) in [5, 5.41) is 6.65. The average Bonchev–Trinajstić information content (AvgIpc) is 2.95. The van der Waals surface area contributed by atoms with Gasteiger partial charge in [0.25, 0.3) is 0 Å². The fraction of sp³-hybridized carbons (Fsp3) is 0.400. The van der Waals surface area contributed by atoms with Crippen LogP contribution in [0.3, 0.4) is 0 Å². The van der Waals surface area contributed by atoms with E-state index in [1.165, 1.54) is 0 Å². The zero-order chi connectivity index (χ0) is 13.5. The zero-order valence-electron chi connectivity index (χ0n) is 11.4. The smallest absolute Gasteiger partial charge is 0.124 e. The first kappa shape index (κ1) is 14.0. The van der Waals surface area contributed by atoms with Gasteiger partial charge >= 0.3 is 0 Å². The van der Waals surface area contributed by atoms with Crippen molar-refractivity contribution in [2.24, 2.45) is 0 Å². The molecule has 0 aliphatic heterocycles. The van der Waals surface area contributed by atoms with Crippen molar-refractivity contribution in [3.05, 3.63) is 46.4 Å². The third kappa shape index (κ3) is 3.55. The van der Waals surface area contributed by atoms with Crippen molar-refractivity contribution in [1.82, 2.24) is 10.3 Å². The van der Waals surface area contributed by atoms with Crippen LogP contribution in [-0.2, 0) is 0 Å². The molecule has 1 N–H and O–H groups in total. The second kappa shape index (κ2) is 7.26. The lowest BCUT2D eigenvalue weighted by atomic mass is 10.1. The standard InChI is InChI=1S/C15H20N2OS/c1-3-9-16-14(15-17-10-11-19-15)12-7-5-6-8-13(12)18-4-2/h5-8,10-11,14,16H,3-4,9H2,1-2H3. The Bertz CT molecular complexity index is 485. The van der Waals surface area contributed by atoms with Gasteiger partial charge in [-0.2, -0.15) is 0 Å². The molecule has 102 valence electrons. The molecule has 1 aromatic carbocycles. The first-order valence-electron chi connectivity index (χ1n) is 6.71. The number of aromatic nitrogens is 1. The molecule has 0 aliphatic rings. The Morgan fingerprint density at radius 1 is 1.32 bits per heavy atom. The molecule has 1 heterocycles. The molecule has 2 aromatic rings. The van der Waals surface area contributed by atoms with Crippen LogP contribution in [0.1, 0.15) is 36.9 Å². The van der Waals surface area contributed by atoms with Crippen LogP contribution in [0.5, 0.6) is 5.75 Å². The van der Waals surface area contributed by atoms with Gasteiger partial charge in [0, 0.05) is 17.1 Å². The van der Waals surface area contributed by atoms with E-state index >= 15 is 0 Å². The molecule has 4 heteroatoms. The van der Waals surface area contributed by atoms with E-state index in [0.29, 0.717) is 6.61 Å². The number of ether oxygens (including phenoxy) is 1. The quantitative estimate of drug-likeness (QED) is 0.838. The van der Waals surface area contributed by atoms with Crippen molar-refractivity contribution in [2.45, 2.75) is 26.3 Å². The average molecular weight is 276 g/mol. The highest BCUT2D eigenvalue weighted by Crippen LogP contribution is 2.31. The van der Waals surface area contributed by atoms with Crippen LogP contribution in [0.15, 0.2) is 35.8 Å². The normalized spacial score (nSPS) is 12.3. The van der Waals surface area contributed by atoms with E-state index in [2.05, 4.69) is 23.3 Å². The van der Waals surface area contributed by atoms with E-state index in [0.717, 1.165) is 29.3 Å². The summed E-state index contributed by atoms with van der Waals surface area (Å²) in [6.45, 7) is 5.81. The second-order valence-corrected chi connectivity index (χ2v) is 5.15. The minimum absolute atomic E-state index is 0.114. The van der Waals surface area contributed by atoms with Crippen molar-refractivity contribution in [1.29, 1.82) is 0 Å². The van der Waals surface area contributed by atoms with Crippen LogP contribution in [0.25, 0.3) is 0 Å². The summed E-state index contributed by atoms with van der Waals surface area (Å²) in [7, 11) is 0. The number of rotatable bonds is 7. The number of hydrogen-bond acceptors (Lipinski definition) is 4. The Kier molecular flexibility index (Phi) is 5.36. The van der Waals surface area contributed by atoms with E-state index in [-0.39, 0.29) is 6.04 Å². The summed E-state index contributed by atoms with van der Waals surface area (Å²) in [4.78, 5) is 4.45. The molecule has 1 unspecified atom stereocenters. The van der Waals surface area contributed by atoms with Crippen molar-refractivity contribution in [2.75, 3.05) is 13.2 Å². The third-order valence-electron chi connectivity index (χ3n) is 2.83. The minimum Gasteiger partial charge on any atom is -0.494 e. The number of nitrogens with one attached hydrogen (secondary N) is 1. The van der Waals surface area contributed by atoms with Gasteiger partial charge < -0.3 is 10.1 Å². The topological polar surface area (TPSA) is 34.2 Å². The van der Waals surface area contributed by atoms with E-state index in [4.69, 9.17) is 4.74 Å². The Balaban J connectivity index is 2.32. The lowest BCUT2D eigenvalue weighted by Crippen LogP contribution is -2.23. The van der Waals surface area contributed by atoms with Crippen molar-refractivity contribution < 1.29 is 4.74 Å². The van der Waals surface area contributed by atoms with Crippen LogP contribution >= 0.6 is 11.3 Å². The number of benzene rings is 1. The summed E-state index contributed by atoms with van der Waals surface area (Å²) in [5.74, 6) is 0.939. The van der Waals surface area contributed by atoms with E-state index < -0.39 is 0 Å². The molecule has 3 nitrogen and oxygen atoms in total. The SMILES string of the molecule is CCCNC(c1nccs1)c1ccccc1OCC. The van der Waals surface area contributed by atoms with Gasteiger partial charge in [-0.1, -0.05) is 25.1 Å². The first-order valence-corrected chi connectivity index (χ1v) is 7.59. The van der Waals surface area contributed by atoms with Gasteiger partial charge in [-0.3, -0.25) is 0 Å². The molecule has 1 atom stereocenters. The van der Waals surface area contributed by atoms with Crippen molar-refractivity contribution >= 4 is 11.3 Å². The molecular formula is C15H20N2OS. The number of nitrogens with zero attached hydrogens (tertiary/aromatic N) is 1. The maximum atomic E-state index is 5.73. The molecule has 19 heavy (non-hydrogen) atoms. The van der Waals surface area contributed by atoms with E-state index in [9.17, 15) is 0 Å². The summed E-state index contributed by atoms with van der Waals surface area (Å²) in [6.07, 6.45) is 2.95. The number of para-hydroxylation sites is 1. The lowest BCUT2D eigenvalue weighted by molar-refractivity contribution is 0.333. The van der Waals surface area contributed by atoms with Gasteiger partial charge in [-0.05, 0) is 26.0 Å². The first-order chi connectivity index (χ1) is 9.36. The molecule has 0 bridgehead atoms. The molecule has 1 aromatic heterocycles. The van der Waals surface area contributed by atoms with Crippen molar-refractivity contribution in [3.63, 3.8) is 0 Å². The monoisotopic (exact) mass is 276 g/mol. The Labute approximate surface area is 118 Å². The van der Waals surface area contributed by atoms with Crippen LogP contribution < -0.4 is 10.1 Å². The Hall–Kier alpha value is -1.39. The highest BCUT2D eigenvalue weighted by molar-refractivity contribution is 7.09. The fourth-order valence-electron chi connectivity index (χ4n) is 2.00. The van der Waals surface area contributed by atoms with Gasteiger partial charge in [0.2, 0.25) is 0 Å². The molecule has 0 fully saturated rings. The van der Waals surface area contributed by atoms with Crippen molar-refractivity contribution in [3.8, 4) is 5.75 Å². The molecule has 0 amide bonds. The molecule has 0 aliphatic carbocycles. The third-order valence-corrected chi connectivity index (χ3v) is 3.67. The predicted octanol–water partition coefficient (Wildman–Crippen LogP) is 3.63. The van der Waals surface area contributed by atoms with E-state index in [1.54, 1.807) is 11.3 Å². The molecule has 0 saturated carbocycles. The summed E-state index contributed by atoms with van der Waals surface area (Å²) < 4.78 is 5.73. The molecule has 0 radical (unpaired) electrons. The van der Waals surface area contributed by atoms with Gasteiger partial charge in [0.1, 0.15) is 10.8 Å². The highest BCUT2D eigenvalue weighted by Gasteiger charge is 2.19. The number of thiazole rings is 1. The van der Waals surface area contributed by atoms with Gasteiger partial charge in [-0.25, -0.2) is 4.98 Å². The Morgan fingerprint density at radius 2 is 2.16 bits per heavy atom. The lowest BCUT2D eigenvalue weighted by Gasteiger charge is -2.19. The van der Waals surface area contributed by atoms with Crippen LogP contribution in [-0.4, -0.2) is 18.1 Å². The van der Waals surface area contributed by atoms with Gasteiger partial charge in [0.05, 0.1) is 12.6 Å². The largest absolute Gasteiger partial charge is 0.494 e. The maximum Gasteiger partial charge on any atom is 0.124 e. The Morgan fingerprint density at radius 3 is 2.84 bits per heavy atom. The van der Waals surface area contributed by atoms with Crippen LogP contribution in [0, 0.1) is 0 Å². The number of hydrogen-bond donors (Lipinski definition) is 1. The maximum absolute atomic E-state index is 5.73. The van der Waals surface area contributed by atoms with E-state index in [1.807, 2.05) is 36.7 Å². The summed E-state index contributed by atoms with van der Waals surface area (Å²) in [6, 6.07) is 8.30. The predicted molar refractivity (Wildman–Crippen MR) is 79.9 cm³/mol. The highest BCUT2D eigenvalue weighted by atomic mass is 32.1.